The maximum Gasteiger partial charge on any atom is 0.124 e. The van der Waals surface area contributed by atoms with E-state index in [0.717, 1.165) is 11.9 Å². The Kier molecular flexibility index (Phi) is 3.11. The van der Waals surface area contributed by atoms with E-state index in [0.29, 0.717) is 6.42 Å². The first-order valence-electron chi connectivity index (χ1n) is 3.35. The molecular formula is C9H14O. The molecule has 0 spiro atoms. The third-order valence-corrected chi connectivity index (χ3v) is 1.41. The molecule has 0 aromatic carbocycles. The van der Waals surface area contributed by atoms with E-state index >= 15 is 0 Å². The van der Waals surface area contributed by atoms with Crippen molar-refractivity contribution in [3.05, 3.63) is 17.9 Å². The topological polar surface area (TPSA) is 17.1 Å². The summed E-state index contributed by atoms with van der Waals surface area (Å²) in [5.41, 5.74) is 3.78. The lowest BCUT2D eigenvalue weighted by Gasteiger charge is -2.18. The van der Waals surface area contributed by atoms with E-state index in [4.69, 9.17) is 0 Å². The van der Waals surface area contributed by atoms with Gasteiger partial charge in [-0.25, -0.2) is 0 Å². The highest BCUT2D eigenvalue weighted by atomic mass is 16.1. The minimum Gasteiger partial charge on any atom is -0.303 e. The highest BCUT2D eigenvalue weighted by Crippen LogP contribution is 2.25. The summed E-state index contributed by atoms with van der Waals surface area (Å²) in [5, 5.41) is 0. The number of hydrogen-bond acceptors (Lipinski definition) is 1. The third-order valence-electron chi connectivity index (χ3n) is 1.41. The predicted molar refractivity (Wildman–Crippen MR) is 42.8 cm³/mol. The number of rotatable bonds is 2. The van der Waals surface area contributed by atoms with Crippen LogP contribution in [-0.2, 0) is 4.79 Å². The smallest absolute Gasteiger partial charge is 0.124 e. The molecule has 56 valence electrons. The van der Waals surface area contributed by atoms with Crippen LogP contribution < -0.4 is 0 Å². The van der Waals surface area contributed by atoms with Gasteiger partial charge in [0.15, 0.2) is 0 Å². The lowest BCUT2D eigenvalue weighted by atomic mass is 9.85. The second kappa shape index (κ2) is 3.38. The van der Waals surface area contributed by atoms with Gasteiger partial charge in [0.1, 0.15) is 6.29 Å². The Bertz CT molecular complexity index is 166. The van der Waals surface area contributed by atoms with Crippen molar-refractivity contribution >= 4 is 6.29 Å². The van der Waals surface area contributed by atoms with Gasteiger partial charge in [-0.05, 0) is 11.0 Å². The van der Waals surface area contributed by atoms with Gasteiger partial charge in [0, 0.05) is 6.42 Å². The molecule has 0 N–H and O–H groups in total. The van der Waals surface area contributed by atoms with E-state index in [1.165, 1.54) is 0 Å². The van der Waals surface area contributed by atoms with Gasteiger partial charge in [-0.2, -0.15) is 0 Å². The first-order valence-corrected chi connectivity index (χ1v) is 3.35. The van der Waals surface area contributed by atoms with Crippen LogP contribution in [0.3, 0.4) is 0 Å². The van der Waals surface area contributed by atoms with Gasteiger partial charge in [0.25, 0.3) is 0 Å². The van der Waals surface area contributed by atoms with Gasteiger partial charge in [0.2, 0.25) is 0 Å². The zero-order valence-electron chi connectivity index (χ0n) is 6.90. The lowest BCUT2D eigenvalue weighted by Crippen LogP contribution is -2.08. The molecule has 0 radical (unpaired) electrons. The maximum absolute atomic E-state index is 10.1. The second-order valence-corrected chi connectivity index (χ2v) is 3.28. The molecule has 0 amide bonds. The minimum atomic E-state index is 0.0304. The Morgan fingerprint density at radius 1 is 1.60 bits per heavy atom. The first kappa shape index (κ1) is 9.19. The molecule has 1 nitrogen and oxygen atoms in total. The molecule has 0 saturated heterocycles. The van der Waals surface area contributed by atoms with E-state index in [-0.39, 0.29) is 5.41 Å². The van der Waals surface area contributed by atoms with E-state index in [1.807, 2.05) is 20.8 Å². The first-order chi connectivity index (χ1) is 4.52. The summed E-state index contributed by atoms with van der Waals surface area (Å²) in [4.78, 5) is 10.1. The van der Waals surface area contributed by atoms with Crippen LogP contribution >= 0.6 is 0 Å². The van der Waals surface area contributed by atoms with Gasteiger partial charge in [-0.3, -0.25) is 0 Å². The zero-order valence-corrected chi connectivity index (χ0v) is 6.90. The van der Waals surface area contributed by atoms with Crippen molar-refractivity contribution < 1.29 is 4.79 Å². The van der Waals surface area contributed by atoms with Crippen molar-refractivity contribution in [2.24, 2.45) is 5.41 Å². The van der Waals surface area contributed by atoms with Crippen LogP contribution in [0.2, 0.25) is 0 Å². The number of allylic oxidation sites excluding steroid dienone is 1. The highest BCUT2D eigenvalue weighted by molar-refractivity contribution is 5.54. The molecule has 0 aromatic rings. The van der Waals surface area contributed by atoms with Crippen LogP contribution in [0, 0.1) is 5.41 Å². The standard InChI is InChI=1S/C9H14O/c1-5-8(6-7-10)9(2,3)4/h7H,1,6H2,2-4H3. The number of carbonyl (C=O) groups excluding carboxylic acids is 1. The van der Waals surface area contributed by atoms with Crippen LogP contribution in [0.25, 0.3) is 0 Å². The van der Waals surface area contributed by atoms with Crippen LogP contribution in [0.1, 0.15) is 27.2 Å². The summed E-state index contributed by atoms with van der Waals surface area (Å²) in [7, 11) is 0. The summed E-state index contributed by atoms with van der Waals surface area (Å²) in [5.74, 6) is 0. The van der Waals surface area contributed by atoms with Gasteiger partial charge < -0.3 is 4.79 Å². The van der Waals surface area contributed by atoms with Crippen molar-refractivity contribution in [2.75, 3.05) is 0 Å². The molecule has 0 aliphatic carbocycles. The molecular weight excluding hydrogens is 124 g/mol. The molecule has 0 unspecified atom stereocenters. The third kappa shape index (κ3) is 2.65. The summed E-state index contributed by atoms with van der Waals surface area (Å²) >= 11 is 0. The molecule has 0 bridgehead atoms. The average molecular weight is 138 g/mol. The van der Waals surface area contributed by atoms with E-state index in [9.17, 15) is 4.79 Å². The molecule has 0 fully saturated rings. The van der Waals surface area contributed by atoms with Crippen LogP contribution in [0.15, 0.2) is 17.9 Å². The van der Waals surface area contributed by atoms with Crippen molar-refractivity contribution in [1.29, 1.82) is 0 Å². The minimum absolute atomic E-state index is 0.0304. The molecule has 0 atom stereocenters. The predicted octanol–water partition coefficient (Wildman–Crippen LogP) is 2.33. The SMILES string of the molecule is C=C=C(CC=O)C(C)(C)C. The Morgan fingerprint density at radius 2 is 2.10 bits per heavy atom. The fraction of sp³-hybridized carbons (Fsp3) is 0.556. The lowest BCUT2D eigenvalue weighted by molar-refractivity contribution is -0.107. The normalized spacial score (nSPS) is 10.3. The summed E-state index contributed by atoms with van der Waals surface area (Å²) < 4.78 is 0. The fourth-order valence-corrected chi connectivity index (χ4v) is 0.727. The number of aldehydes is 1. The van der Waals surface area contributed by atoms with E-state index in [2.05, 4.69) is 12.3 Å². The van der Waals surface area contributed by atoms with Gasteiger partial charge in [0.05, 0.1) is 0 Å². The van der Waals surface area contributed by atoms with E-state index in [1.54, 1.807) is 0 Å². The van der Waals surface area contributed by atoms with Crippen molar-refractivity contribution in [3.8, 4) is 0 Å². The average Bonchev–Trinajstić information content (AvgIpc) is 1.80. The molecule has 0 aliphatic heterocycles. The fourth-order valence-electron chi connectivity index (χ4n) is 0.727. The summed E-state index contributed by atoms with van der Waals surface area (Å²) in [6.45, 7) is 9.66. The Hall–Kier alpha value is -0.810. The molecule has 1 heteroatoms. The van der Waals surface area contributed by atoms with Crippen molar-refractivity contribution in [2.45, 2.75) is 27.2 Å². The van der Waals surface area contributed by atoms with Crippen LogP contribution in [0.4, 0.5) is 0 Å². The van der Waals surface area contributed by atoms with Gasteiger partial charge in [-0.1, -0.05) is 27.4 Å². The Balaban J connectivity index is 4.39. The molecule has 0 aliphatic rings. The van der Waals surface area contributed by atoms with Gasteiger partial charge >= 0.3 is 0 Å². The monoisotopic (exact) mass is 138 g/mol. The molecule has 0 aromatic heterocycles. The quantitative estimate of drug-likeness (QED) is 0.423. The Morgan fingerprint density at radius 3 is 2.20 bits per heavy atom. The van der Waals surface area contributed by atoms with Crippen molar-refractivity contribution in [3.63, 3.8) is 0 Å². The Labute approximate surface area is 62.4 Å². The number of hydrogen-bond donors (Lipinski definition) is 0. The molecule has 0 heterocycles. The van der Waals surface area contributed by atoms with Gasteiger partial charge in [-0.15, -0.1) is 5.73 Å². The zero-order chi connectivity index (χ0) is 8.20. The van der Waals surface area contributed by atoms with E-state index < -0.39 is 0 Å². The van der Waals surface area contributed by atoms with Crippen LogP contribution in [-0.4, -0.2) is 6.29 Å². The molecule has 0 rings (SSSR count). The maximum atomic E-state index is 10.1. The number of carbonyl (C=O) groups is 1. The molecule has 0 saturated carbocycles. The van der Waals surface area contributed by atoms with Crippen LogP contribution in [0.5, 0.6) is 0 Å². The largest absolute Gasteiger partial charge is 0.303 e. The summed E-state index contributed by atoms with van der Waals surface area (Å²) in [6.07, 6.45) is 1.34. The van der Waals surface area contributed by atoms with Crippen molar-refractivity contribution in [1.82, 2.24) is 0 Å². The second-order valence-electron chi connectivity index (χ2n) is 3.28. The highest BCUT2D eigenvalue weighted by Gasteiger charge is 2.15. The molecule has 10 heavy (non-hydrogen) atoms. The summed E-state index contributed by atoms with van der Waals surface area (Å²) in [6, 6.07) is 0.